The van der Waals surface area contributed by atoms with Gasteiger partial charge in [-0.2, -0.15) is 0 Å². The molecule has 2 N–H and O–H groups in total. The van der Waals surface area contributed by atoms with Crippen LogP contribution in [-0.4, -0.2) is 52.7 Å². The fourth-order valence-electron chi connectivity index (χ4n) is 8.74. The number of guanidine groups is 1. The summed E-state index contributed by atoms with van der Waals surface area (Å²) in [5.74, 6) is 2.19. The van der Waals surface area contributed by atoms with Crippen LogP contribution in [0.1, 0.15) is 113 Å². The molecule has 44 heavy (non-hydrogen) atoms. The molecule has 6 rings (SSSR count). The third-order valence-electron chi connectivity index (χ3n) is 11.2. The number of amides is 2. The number of benzene rings is 2. The minimum Gasteiger partial charge on any atom is -0.343 e. The van der Waals surface area contributed by atoms with Crippen LogP contribution in [0.15, 0.2) is 60.7 Å². The molecule has 2 amide bonds. The Kier molecular flexibility index (Phi) is 10.0. The lowest BCUT2D eigenvalue weighted by Gasteiger charge is -2.37. The highest BCUT2D eigenvalue weighted by Gasteiger charge is 2.51. The Morgan fingerprint density at radius 1 is 0.750 bits per heavy atom. The number of hydrogen-bond donors (Lipinski definition) is 2. The van der Waals surface area contributed by atoms with Gasteiger partial charge in [0.15, 0.2) is 5.96 Å². The summed E-state index contributed by atoms with van der Waals surface area (Å²) in [7, 11) is 0. The molecule has 2 heterocycles. The Hall–Kier alpha value is -3.15. The molecule has 0 spiro atoms. The molecule has 2 aromatic carbocycles. The van der Waals surface area contributed by atoms with Crippen molar-refractivity contribution in [2.24, 2.45) is 17.8 Å². The number of hydrogen-bond acceptors (Lipinski definition) is 3. The van der Waals surface area contributed by atoms with Crippen molar-refractivity contribution in [1.29, 1.82) is 5.41 Å². The van der Waals surface area contributed by atoms with E-state index in [4.69, 9.17) is 5.41 Å². The van der Waals surface area contributed by atoms with Crippen LogP contribution in [0.25, 0.3) is 0 Å². The fourth-order valence-corrected chi connectivity index (χ4v) is 8.74. The smallest absolute Gasteiger partial charge is 0.255 e. The molecule has 2 aliphatic carbocycles. The third-order valence-corrected chi connectivity index (χ3v) is 11.2. The second-order valence-corrected chi connectivity index (χ2v) is 14.3. The van der Waals surface area contributed by atoms with E-state index in [1.807, 2.05) is 41.3 Å². The Bertz CT molecular complexity index is 1180. The minimum absolute atomic E-state index is 0.0397. The molecule has 236 valence electrons. The van der Waals surface area contributed by atoms with Crippen molar-refractivity contribution in [3.05, 3.63) is 71.8 Å². The van der Waals surface area contributed by atoms with Gasteiger partial charge in [-0.15, -0.1) is 0 Å². The monoisotopic (exact) mass is 596 g/mol. The van der Waals surface area contributed by atoms with Gasteiger partial charge in [0.05, 0.1) is 0 Å². The fraction of sp³-hybridized carbons (Fsp3) is 0.605. The van der Waals surface area contributed by atoms with Gasteiger partial charge >= 0.3 is 0 Å². The molecular formula is C38H52N4O2. The van der Waals surface area contributed by atoms with E-state index < -0.39 is 5.54 Å². The van der Waals surface area contributed by atoms with Crippen molar-refractivity contribution in [2.45, 2.75) is 108 Å². The summed E-state index contributed by atoms with van der Waals surface area (Å²) >= 11 is 0. The van der Waals surface area contributed by atoms with Crippen molar-refractivity contribution >= 4 is 17.8 Å². The maximum atomic E-state index is 14.3. The topological polar surface area (TPSA) is 76.5 Å². The number of carbonyl (C=O) groups is 2. The van der Waals surface area contributed by atoms with Gasteiger partial charge in [-0.3, -0.25) is 19.9 Å². The van der Waals surface area contributed by atoms with E-state index >= 15 is 0 Å². The van der Waals surface area contributed by atoms with Crippen molar-refractivity contribution < 1.29 is 9.59 Å². The van der Waals surface area contributed by atoms with Gasteiger partial charge in [0.1, 0.15) is 5.54 Å². The van der Waals surface area contributed by atoms with E-state index in [-0.39, 0.29) is 17.7 Å². The normalized spacial score (nSPS) is 22.0. The van der Waals surface area contributed by atoms with E-state index in [1.165, 1.54) is 75.3 Å². The van der Waals surface area contributed by atoms with E-state index in [0.717, 1.165) is 38.8 Å². The predicted molar refractivity (Wildman–Crippen MR) is 176 cm³/mol. The minimum atomic E-state index is -0.596. The van der Waals surface area contributed by atoms with Crippen molar-refractivity contribution in [3.8, 4) is 0 Å². The van der Waals surface area contributed by atoms with Crippen LogP contribution < -0.4 is 5.32 Å². The molecule has 2 saturated heterocycles. The summed E-state index contributed by atoms with van der Waals surface area (Å²) in [4.78, 5) is 31.7. The number of likely N-dealkylation sites (tertiary alicyclic amines) is 1. The molecule has 6 nitrogen and oxygen atoms in total. The molecule has 2 saturated carbocycles. The van der Waals surface area contributed by atoms with Crippen LogP contribution in [-0.2, 0) is 9.59 Å². The summed E-state index contributed by atoms with van der Waals surface area (Å²) in [5, 5.41) is 12.4. The summed E-state index contributed by atoms with van der Waals surface area (Å²) in [6.07, 6.45) is 16.6. The zero-order chi connectivity index (χ0) is 30.4. The molecule has 4 fully saturated rings. The van der Waals surface area contributed by atoms with E-state index in [1.54, 1.807) is 4.90 Å². The molecule has 0 bridgehead atoms. The second kappa shape index (κ2) is 14.3. The van der Waals surface area contributed by atoms with Crippen LogP contribution in [0.3, 0.4) is 0 Å². The van der Waals surface area contributed by atoms with E-state index in [9.17, 15) is 9.59 Å². The van der Waals surface area contributed by atoms with Crippen LogP contribution in [0.2, 0.25) is 0 Å². The highest BCUT2D eigenvalue weighted by molar-refractivity contribution is 6.08. The first-order chi connectivity index (χ1) is 21.5. The molecule has 0 radical (unpaired) electrons. The molecule has 0 atom stereocenters. The van der Waals surface area contributed by atoms with Gasteiger partial charge in [0.2, 0.25) is 5.91 Å². The van der Waals surface area contributed by atoms with Crippen molar-refractivity contribution in [2.75, 3.05) is 19.6 Å². The quantitative estimate of drug-likeness (QED) is 0.298. The standard InChI is InChI=1S/C38H52N4O2/c39-37-40-38(26-29-13-5-1-6-14-29,27-30-15-7-2-8-16-30)36(44)42(37)28-31-21-23-41(24-22-31)35(43)25-34(32-17-9-3-10-18-32)33-19-11-4-12-20-33/h3-4,9-12,17-20,29-31,34H,1-2,5-8,13-16,21-28H2,(H2,39,40). The molecule has 0 unspecified atom stereocenters. The SMILES string of the molecule is N=C1NC(CC2CCCCC2)(CC2CCCCC2)C(=O)N1CC1CCN(C(=O)CC(c2ccccc2)c2ccccc2)CC1. The molecule has 6 heteroatoms. The van der Waals surface area contributed by atoms with Crippen LogP contribution in [0.4, 0.5) is 0 Å². The number of piperidine rings is 1. The molecular weight excluding hydrogens is 544 g/mol. The first kappa shape index (κ1) is 30.9. The molecule has 4 aliphatic rings. The van der Waals surface area contributed by atoms with Crippen LogP contribution in [0.5, 0.6) is 0 Å². The summed E-state index contributed by atoms with van der Waals surface area (Å²) < 4.78 is 0. The lowest BCUT2D eigenvalue weighted by Crippen LogP contribution is -2.50. The average Bonchev–Trinajstić information content (AvgIpc) is 3.29. The van der Waals surface area contributed by atoms with Gasteiger partial charge in [-0.05, 0) is 54.6 Å². The maximum Gasteiger partial charge on any atom is 0.255 e. The lowest BCUT2D eigenvalue weighted by atomic mass is 9.73. The zero-order valence-corrected chi connectivity index (χ0v) is 26.5. The maximum absolute atomic E-state index is 14.3. The first-order valence-corrected chi connectivity index (χ1v) is 17.6. The molecule has 2 aliphatic heterocycles. The summed E-state index contributed by atoms with van der Waals surface area (Å²) in [5.41, 5.74) is 1.75. The van der Waals surface area contributed by atoms with Gasteiger partial charge in [-0.1, -0.05) is 125 Å². The molecule has 0 aromatic heterocycles. The number of rotatable bonds is 10. The average molecular weight is 597 g/mol. The Morgan fingerprint density at radius 2 is 1.25 bits per heavy atom. The van der Waals surface area contributed by atoms with E-state index in [0.29, 0.717) is 36.7 Å². The molecule has 2 aromatic rings. The number of nitrogens with zero attached hydrogens (tertiary/aromatic N) is 2. The van der Waals surface area contributed by atoms with Crippen LogP contribution >= 0.6 is 0 Å². The first-order valence-electron chi connectivity index (χ1n) is 17.6. The number of nitrogens with one attached hydrogen (secondary N) is 2. The lowest BCUT2D eigenvalue weighted by molar-refractivity contribution is -0.135. The van der Waals surface area contributed by atoms with Gasteiger partial charge in [-0.25, -0.2) is 0 Å². The summed E-state index contributed by atoms with van der Waals surface area (Å²) in [6, 6.07) is 20.7. The van der Waals surface area contributed by atoms with Gasteiger partial charge in [0, 0.05) is 32.0 Å². The Balaban J connectivity index is 1.07. The Morgan fingerprint density at radius 3 is 1.75 bits per heavy atom. The largest absolute Gasteiger partial charge is 0.343 e. The Labute approximate surface area is 264 Å². The highest BCUT2D eigenvalue weighted by atomic mass is 16.2. The zero-order valence-electron chi connectivity index (χ0n) is 26.5. The highest BCUT2D eigenvalue weighted by Crippen LogP contribution is 2.40. The second-order valence-electron chi connectivity index (χ2n) is 14.3. The third kappa shape index (κ3) is 7.21. The summed E-state index contributed by atoms with van der Waals surface area (Å²) in [6.45, 7) is 2.04. The van der Waals surface area contributed by atoms with Gasteiger partial charge < -0.3 is 10.2 Å². The van der Waals surface area contributed by atoms with E-state index in [2.05, 4.69) is 29.6 Å². The van der Waals surface area contributed by atoms with Crippen LogP contribution in [0, 0.1) is 23.2 Å². The van der Waals surface area contributed by atoms with Crippen molar-refractivity contribution in [1.82, 2.24) is 15.1 Å². The number of carbonyl (C=O) groups excluding carboxylic acids is 2. The predicted octanol–water partition coefficient (Wildman–Crippen LogP) is 7.49. The van der Waals surface area contributed by atoms with Crippen molar-refractivity contribution in [3.63, 3.8) is 0 Å². The van der Waals surface area contributed by atoms with Gasteiger partial charge in [0.25, 0.3) is 5.91 Å².